The van der Waals surface area contributed by atoms with Crippen LogP contribution in [-0.2, 0) is 22.4 Å². The fraction of sp³-hybridized carbons (Fsp3) is 0.333. The van der Waals surface area contributed by atoms with Gasteiger partial charge in [0.2, 0.25) is 0 Å². The Morgan fingerprint density at radius 1 is 1.07 bits per heavy atom. The quantitative estimate of drug-likeness (QED) is 0.704. The van der Waals surface area contributed by atoms with Crippen molar-refractivity contribution in [3.05, 3.63) is 58.7 Å². The number of nitrogens with one attached hydrogen (secondary N) is 1. The van der Waals surface area contributed by atoms with E-state index in [1.807, 2.05) is 13.0 Å². The molecule has 6 heteroatoms. The normalized spacial score (nSPS) is 14.1. The van der Waals surface area contributed by atoms with Crippen LogP contribution in [0.25, 0.3) is 0 Å². The second-order valence-corrected chi connectivity index (χ2v) is 6.80. The highest BCUT2D eigenvalue weighted by molar-refractivity contribution is 5.94. The molecule has 6 nitrogen and oxygen atoms in total. The first-order valence-corrected chi connectivity index (χ1v) is 9.04. The van der Waals surface area contributed by atoms with Crippen molar-refractivity contribution in [1.82, 2.24) is 5.32 Å². The van der Waals surface area contributed by atoms with Crippen molar-refractivity contribution >= 4 is 11.9 Å². The van der Waals surface area contributed by atoms with Gasteiger partial charge in [-0.3, -0.25) is 4.79 Å². The van der Waals surface area contributed by atoms with Gasteiger partial charge in [0.25, 0.3) is 5.91 Å². The maximum absolute atomic E-state index is 12.1. The molecule has 0 aromatic heterocycles. The first-order chi connectivity index (χ1) is 12.9. The number of hydrogen-bond donors (Lipinski definition) is 3. The second kappa shape index (κ2) is 8.12. The van der Waals surface area contributed by atoms with Crippen LogP contribution in [0, 0.1) is 0 Å². The highest BCUT2D eigenvalue weighted by Gasteiger charge is 2.17. The number of ether oxygens (including phenoxy) is 1. The minimum Gasteiger partial charge on any atom is -0.508 e. The zero-order chi connectivity index (χ0) is 19.4. The molecule has 0 spiro atoms. The summed E-state index contributed by atoms with van der Waals surface area (Å²) >= 11 is 0. The number of esters is 1. The van der Waals surface area contributed by atoms with Crippen molar-refractivity contribution in [2.75, 3.05) is 6.61 Å². The fourth-order valence-corrected chi connectivity index (χ4v) is 3.29. The van der Waals surface area contributed by atoms with Crippen molar-refractivity contribution in [1.29, 1.82) is 0 Å². The number of carbonyl (C=O) groups is 2. The maximum Gasteiger partial charge on any atom is 0.342 e. The van der Waals surface area contributed by atoms with Gasteiger partial charge in [-0.15, -0.1) is 0 Å². The predicted octanol–water partition coefficient (Wildman–Crippen LogP) is 3.01. The van der Waals surface area contributed by atoms with Gasteiger partial charge in [0.15, 0.2) is 6.61 Å². The van der Waals surface area contributed by atoms with Gasteiger partial charge in [-0.05, 0) is 61.4 Å². The minimum absolute atomic E-state index is 0.108. The van der Waals surface area contributed by atoms with Crippen molar-refractivity contribution in [2.45, 2.75) is 38.6 Å². The van der Waals surface area contributed by atoms with Crippen LogP contribution in [0.2, 0.25) is 0 Å². The zero-order valence-corrected chi connectivity index (χ0v) is 15.2. The van der Waals surface area contributed by atoms with Gasteiger partial charge in [0.1, 0.15) is 17.1 Å². The van der Waals surface area contributed by atoms with E-state index in [0.29, 0.717) is 0 Å². The Morgan fingerprint density at radius 2 is 1.81 bits per heavy atom. The molecule has 0 saturated carbocycles. The molecule has 3 rings (SSSR count). The number of aromatic hydroxyl groups is 2. The van der Waals surface area contributed by atoms with Gasteiger partial charge < -0.3 is 20.3 Å². The summed E-state index contributed by atoms with van der Waals surface area (Å²) in [6.45, 7) is 1.44. The molecule has 142 valence electrons. The summed E-state index contributed by atoms with van der Waals surface area (Å²) in [5.41, 5.74) is 3.63. The number of aryl methyl sites for hydroxylation is 2. The molecular formula is C21H23NO5. The third-order valence-electron chi connectivity index (χ3n) is 4.79. The zero-order valence-electron chi connectivity index (χ0n) is 15.2. The molecule has 27 heavy (non-hydrogen) atoms. The molecule has 1 aliphatic rings. The van der Waals surface area contributed by atoms with Crippen molar-refractivity contribution < 1.29 is 24.5 Å². The number of hydrogen-bond acceptors (Lipinski definition) is 5. The van der Waals surface area contributed by atoms with E-state index in [-0.39, 0.29) is 17.4 Å². The Labute approximate surface area is 157 Å². The predicted molar refractivity (Wildman–Crippen MR) is 99.7 cm³/mol. The number of phenolic OH excluding ortho intramolecular Hbond substituents is 2. The lowest BCUT2D eigenvalue weighted by Gasteiger charge is -2.20. The van der Waals surface area contributed by atoms with Crippen molar-refractivity contribution in [3.63, 3.8) is 0 Å². The van der Waals surface area contributed by atoms with Crippen LogP contribution in [0.1, 0.15) is 52.9 Å². The Bertz CT molecular complexity index is 862. The lowest BCUT2D eigenvalue weighted by molar-refractivity contribution is -0.124. The number of fused-ring (bicyclic) bond motifs is 1. The third kappa shape index (κ3) is 4.58. The van der Waals surface area contributed by atoms with E-state index in [1.165, 1.54) is 36.1 Å². The topological polar surface area (TPSA) is 95.9 Å². The van der Waals surface area contributed by atoms with Gasteiger partial charge in [-0.1, -0.05) is 18.2 Å². The van der Waals surface area contributed by atoms with Gasteiger partial charge in [-0.25, -0.2) is 4.79 Å². The summed E-state index contributed by atoms with van der Waals surface area (Å²) in [5.74, 6) is -1.82. The summed E-state index contributed by atoms with van der Waals surface area (Å²) in [6.07, 6.45) is 4.59. The maximum atomic E-state index is 12.1. The molecule has 1 atom stereocenters. The SMILES string of the molecule is CC(NC(=O)COC(=O)c1ccc(O)cc1O)c1ccc2c(c1)CCCC2. The Morgan fingerprint density at radius 3 is 2.56 bits per heavy atom. The summed E-state index contributed by atoms with van der Waals surface area (Å²) in [5, 5.41) is 21.7. The smallest absolute Gasteiger partial charge is 0.342 e. The van der Waals surface area contributed by atoms with Gasteiger partial charge in [0.05, 0.1) is 6.04 Å². The molecular weight excluding hydrogens is 346 g/mol. The summed E-state index contributed by atoms with van der Waals surface area (Å²) in [4.78, 5) is 24.1. The average molecular weight is 369 g/mol. The van der Waals surface area contributed by atoms with Crippen LogP contribution in [0.3, 0.4) is 0 Å². The molecule has 0 aliphatic heterocycles. The third-order valence-corrected chi connectivity index (χ3v) is 4.79. The number of phenols is 2. The van der Waals surface area contributed by atoms with Crippen molar-refractivity contribution in [2.24, 2.45) is 0 Å². The van der Waals surface area contributed by atoms with Crippen LogP contribution in [0.5, 0.6) is 11.5 Å². The van der Waals surface area contributed by atoms with Crippen LogP contribution < -0.4 is 5.32 Å². The van der Waals surface area contributed by atoms with Gasteiger partial charge in [0, 0.05) is 6.07 Å². The molecule has 3 N–H and O–H groups in total. The molecule has 0 radical (unpaired) electrons. The number of carbonyl (C=O) groups excluding carboxylic acids is 2. The van der Waals surface area contributed by atoms with E-state index >= 15 is 0 Å². The lowest BCUT2D eigenvalue weighted by atomic mass is 9.89. The van der Waals surface area contributed by atoms with E-state index in [2.05, 4.69) is 17.4 Å². The van der Waals surface area contributed by atoms with Crippen LogP contribution in [0.15, 0.2) is 36.4 Å². The molecule has 1 amide bonds. The minimum atomic E-state index is -0.830. The molecule has 2 aromatic carbocycles. The summed E-state index contributed by atoms with van der Waals surface area (Å²) in [6, 6.07) is 9.62. The molecule has 0 saturated heterocycles. The first kappa shape index (κ1) is 18.8. The van der Waals surface area contributed by atoms with E-state index in [1.54, 1.807) is 0 Å². The first-order valence-electron chi connectivity index (χ1n) is 9.04. The molecule has 1 unspecified atom stereocenters. The Balaban J connectivity index is 1.55. The second-order valence-electron chi connectivity index (χ2n) is 6.80. The van der Waals surface area contributed by atoms with Crippen LogP contribution in [-0.4, -0.2) is 28.7 Å². The Kier molecular flexibility index (Phi) is 5.64. The van der Waals surface area contributed by atoms with Gasteiger partial charge in [-0.2, -0.15) is 0 Å². The van der Waals surface area contributed by atoms with E-state index < -0.39 is 24.2 Å². The highest BCUT2D eigenvalue weighted by Crippen LogP contribution is 2.25. The molecule has 0 bridgehead atoms. The van der Waals surface area contributed by atoms with E-state index in [4.69, 9.17) is 4.74 Å². The molecule has 2 aromatic rings. The number of amides is 1. The largest absolute Gasteiger partial charge is 0.508 e. The van der Waals surface area contributed by atoms with E-state index in [9.17, 15) is 19.8 Å². The number of benzene rings is 2. The number of rotatable bonds is 5. The highest BCUT2D eigenvalue weighted by atomic mass is 16.5. The monoisotopic (exact) mass is 369 g/mol. The van der Waals surface area contributed by atoms with Crippen LogP contribution >= 0.6 is 0 Å². The summed E-state index contributed by atoms with van der Waals surface area (Å²) in [7, 11) is 0. The average Bonchev–Trinajstić information content (AvgIpc) is 2.65. The van der Waals surface area contributed by atoms with E-state index in [0.717, 1.165) is 24.5 Å². The summed E-state index contributed by atoms with van der Waals surface area (Å²) < 4.78 is 4.95. The fourth-order valence-electron chi connectivity index (χ4n) is 3.29. The molecule has 1 aliphatic carbocycles. The van der Waals surface area contributed by atoms with Crippen molar-refractivity contribution in [3.8, 4) is 11.5 Å². The standard InChI is InChI=1S/C21H23NO5/c1-13(15-7-6-14-4-2-3-5-16(14)10-15)22-20(25)12-27-21(26)18-9-8-17(23)11-19(18)24/h6-11,13,23-24H,2-5,12H2,1H3,(H,22,25). The molecule has 0 fully saturated rings. The lowest BCUT2D eigenvalue weighted by Crippen LogP contribution is -2.31. The Hall–Kier alpha value is -3.02. The van der Waals surface area contributed by atoms with Crippen LogP contribution in [0.4, 0.5) is 0 Å². The molecule has 0 heterocycles. The van der Waals surface area contributed by atoms with Gasteiger partial charge >= 0.3 is 5.97 Å².